The first-order chi connectivity index (χ1) is 46.8. The molecule has 0 unspecified atom stereocenters. The zero-order valence-electron chi connectivity index (χ0n) is 53.8. The Morgan fingerprint density at radius 3 is 1.43 bits per heavy atom. The zero-order valence-corrected chi connectivity index (χ0v) is 55.9. The van der Waals surface area contributed by atoms with Crippen LogP contribution in [-0.2, 0) is 83.2 Å². The topological polar surface area (TPSA) is 453 Å². The number of carbonyl (C=O) groups excluding carboxylic acids is 10. The molecule has 0 aliphatic heterocycles. The van der Waals surface area contributed by atoms with E-state index >= 15 is 0 Å². The largest absolute Gasteiger partial charge is 0.508 e. The molecule has 16 N–H and O–H groups in total. The highest BCUT2D eigenvalue weighted by Crippen LogP contribution is 2.21. The second kappa shape index (κ2) is 38.3. The first-order valence-corrected chi connectivity index (χ1v) is 32.7. The quantitative estimate of drug-likeness (QED) is 0.0194. The number of ketones is 1. The number of carbonyl (C=O) groups is 13. The Morgan fingerprint density at radius 1 is 0.449 bits per heavy atom. The maximum Gasteiger partial charge on any atom is 0.326 e. The molecule has 1 aromatic heterocycles. The fourth-order valence-electron chi connectivity index (χ4n) is 10.3. The number of carboxylic acid groups (broad SMARTS) is 3. The van der Waals surface area contributed by atoms with Crippen LogP contribution in [0.25, 0.3) is 10.9 Å². The van der Waals surface area contributed by atoms with E-state index in [9.17, 15) is 82.8 Å². The number of aromatic nitrogens is 1. The van der Waals surface area contributed by atoms with Gasteiger partial charge in [0.05, 0.1) is 32.0 Å². The number of H-pyrrole nitrogens is 1. The molecule has 6 rings (SSSR count). The lowest BCUT2D eigenvalue weighted by Crippen LogP contribution is -2.59. The number of phenols is 1. The Morgan fingerprint density at radius 2 is 0.867 bits per heavy atom. The van der Waals surface area contributed by atoms with Crippen molar-refractivity contribution in [2.75, 3.05) is 13.1 Å². The Hall–Kier alpha value is -10.6. The molecule has 0 aliphatic rings. The van der Waals surface area contributed by atoms with Crippen molar-refractivity contribution in [3.8, 4) is 5.75 Å². The summed E-state index contributed by atoms with van der Waals surface area (Å²) in [6.45, 7) is 2.10. The minimum absolute atomic E-state index is 0.0103. The van der Waals surface area contributed by atoms with Crippen molar-refractivity contribution in [2.45, 2.75) is 139 Å². The monoisotopic (exact) mass is 1460 g/mol. The molecule has 29 heteroatoms. The Labute approximate surface area is 577 Å². The molecule has 98 heavy (non-hydrogen) atoms. The van der Waals surface area contributed by atoms with E-state index in [4.69, 9.17) is 5.73 Å². The van der Waals surface area contributed by atoms with Gasteiger partial charge >= 0.3 is 17.9 Å². The number of hydrogen-bond donors (Lipinski definition) is 15. The van der Waals surface area contributed by atoms with Crippen LogP contribution < -0.4 is 53.6 Å². The van der Waals surface area contributed by atoms with Crippen LogP contribution in [0.2, 0.25) is 0 Å². The Balaban J connectivity index is 1.14. The van der Waals surface area contributed by atoms with Crippen molar-refractivity contribution >= 4 is 110 Å². The van der Waals surface area contributed by atoms with Crippen LogP contribution in [-0.4, -0.2) is 164 Å². The predicted molar refractivity (Wildman–Crippen MR) is 365 cm³/mol. The molecule has 1 heterocycles. The van der Waals surface area contributed by atoms with Crippen LogP contribution in [0, 0.1) is 3.57 Å². The number of nitrogens with one attached hydrogen (secondary N) is 10. The summed E-state index contributed by atoms with van der Waals surface area (Å²) in [5, 5.41) is 62.6. The van der Waals surface area contributed by atoms with Gasteiger partial charge in [-0.15, -0.1) is 0 Å². The molecule has 0 bridgehead atoms. The SMILES string of the molecule is CCCC[C@H](NC(=O)[C@H](Cc1ccc(O)cc1)NC(=O)[C@H](CC(=O)O)NC(=O)CNC(=O)[C@H](N)Cc1ccc([125I])cc1)C(=O)NCC(=O)N[C@@H](Cc1c[nH]c2ccccc12)C(=O)N[C@@H](CCCC)C(=O)N[C@@H](CC(=O)O)C(=O)N[C@@H](Cc1ccc(C(=O)c2ccccc2)cc1)C(=O)O. The third kappa shape index (κ3) is 24.6. The number of aromatic amines is 1. The number of para-hydroxylation sites is 1. The van der Waals surface area contributed by atoms with Gasteiger partial charge in [0.2, 0.25) is 53.2 Å². The molecule has 28 nitrogen and oxygen atoms in total. The predicted octanol–water partition coefficient (Wildman–Crippen LogP) is 2.35. The molecule has 0 spiro atoms. The number of aromatic hydroxyl groups is 1. The molecular formula is C69H80IN11O17. The first-order valence-electron chi connectivity index (χ1n) is 31.6. The standard InChI is InChI=1S/C69H80IN11O17/c1-3-5-15-50(77-65(93)52(31-41-22-28-46(82)29-23-41)79-67(95)54(34-59(85)86)76-57(83)37-73-62(90)48(71)30-39-20-26-45(70)27-21-39)63(91)74-38-58(84)75-53(33-44-36-72-49-17-11-10-14-47(44)49)66(94)78-51(16-6-4-2)64(92)80-55(35-60(87)88)68(96)81-56(69(97)98)32-40-18-24-43(25-19-40)61(89)42-12-8-7-9-13-42/h7-14,17-29,36,48,50-56,72,82H,3-6,15-16,30-35,37-38,71H2,1-2H3,(H,73,90)(H,74,91)(H,75,84)(H,76,83)(H,77,93)(H,78,94)(H,79,95)(H,80,92)(H,81,96)(H,85,86)(H,87,88)(H,97,98)/t48-,50+,51+,52+,53+,54+,55+,56+/m1/s1/i70-2. The van der Waals surface area contributed by atoms with E-state index in [1.165, 1.54) is 48.5 Å². The lowest BCUT2D eigenvalue weighted by Gasteiger charge is -2.26. The Kier molecular flexibility index (Phi) is 29.8. The number of halogens is 1. The van der Waals surface area contributed by atoms with Gasteiger partial charge in [-0.1, -0.05) is 137 Å². The second-order valence-electron chi connectivity index (χ2n) is 23.3. The number of aliphatic carboxylic acids is 3. The number of phenolic OH excluding ortho intramolecular Hbond substituents is 1. The summed E-state index contributed by atoms with van der Waals surface area (Å²) in [6, 6.07) is 22.0. The van der Waals surface area contributed by atoms with Crippen molar-refractivity contribution in [1.29, 1.82) is 0 Å². The van der Waals surface area contributed by atoms with Crippen molar-refractivity contribution < 1.29 is 82.8 Å². The fourth-order valence-corrected chi connectivity index (χ4v) is 10.7. The van der Waals surface area contributed by atoms with E-state index in [0.29, 0.717) is 64.4 Å². The third-order valence-corrected chi connectivity index (χ3v) is 16.3. The normalized spacial score (nSPS) is 13.4. The maximum absolute atomic E-state index is 14.6. The van der Waals surface area contributed by atoms with Crippen LogP contribution in [0.3, 0.4) is 0 Å². The zero-order chi connectivity index (χ0) is 71.4. The number of unbranched alkanes of at least 4 members (excludes halogenated alkanes) is 2. The van der Waals surface area contributed by atoms with E-state index < -0.39 is 145 Å². The summed E-state index contributed by atoms with van der Waals surface area (Å²) < 4.78 is 0.961. The van der Waals surface area contributed by atoms with Crippen molar-refractivity contribution in [3.63, 3.8) is 0 Å². The lowest BCUT2D eigenvalue weighted by molar-refractivity contribution is -0.144. The minimum Gasteiger partial charge on any atom is -0.508 e. The summed E-state index contributed by atoms with van der Waals surface area (Å²) in [5.74, 6) is -13.7. The molecule has 5 aromatic carbocycles. The van der Waals surface area contributed by atoms with E-state index in [1.54, 1.807) is 86.8 Å². The van der Waals surface area contributed by atoms with Gasteiger partial charge < -0.3 is 79.0 Å². The van der Waals surface area contributed by atoms with Gasteiger partial charge in [-0.2, -0.15) is 0 Å². The van der Waals surface area contributed by atoms with Gasteiger partial charge in [0.1, 0.15) is 48.0 Å². The van der Waals surface area contributed by atoms with Crippen LogP contribution >= 0.6 is 22.6 Å². The fraction of sp³-hybridized carbons (Fsp3) is 0.348. The summed E-state index contributed by atoms with van der Waals surface area (Å²) in [5.41, 5.74) is 9.56. The van der Waals surface area contributed by atoms with E-state index in [-0.39, 0.29) is 50.1 Å². The lowest BCUT2D eigenvalue weighted by atomic mass is 9.99. The van der Waals surface area contributed by atoms with Crippen LogP contribution in [0.15, 0.2) is 134 Å². The number of benzene rings is 5. The van der Waals surface area contributed by atoms with Crippen LogP contribution in [0.1, 0.15) is 103 Å². The number of amides is 9. The van der Waals surface area contributed by atoms with Gasteiger partial charge in [-0.25, -0.2) is 4.79 Å². The summed E-state index contributed by atoms with van der Waals surface area (Å²) in [6.07, 6.45) is 0.557. The summed E-state index contributed by atoms with van der Waals surface area (Å²) in [4.78, 5) is 178. The van der Waals surface area contributed by atoms with Gasteiger partial charge in [0, 0.05) is 51.1 Å². The average Bonchev–Trinajstić information content (AvgIpc) is 1.67. The molecule has 0 saturated carbocycles. The van der Waals surface area contributed by atoms with Gasteiger partial charge in [0.15, 0.2) is 5.78 Å². The molecule has 6 aromatic rings. The van der Waals surface area contributed by atoms with E-state index in [1.807, 2.05) is 12.1 Å². The molecule has 0 radical (unpaired) electrons. The summed E-state index contributed by atoms with van der Waals surface area (Å²) in [7, 11) is 0. The van der Waals surface area contributed by atoms with E-state index in [0.717, 1.165) is 9.13 Å². The molecule has 0 fully saturated rings. The highest BCUT2D eigenvalue weighted by molar-refractivity contribution is 14.1. The van der Waals surface area contributed by atoms with Gasteiger partial charge in [0.25, 0.3) is 0 Å². The second-order valence-corrected chi connectivity index (χ2v) is 24.5. The number of carboxylic acids is 3. The molecule has 0 aliphatic carbocycles. The molecular weight excluding hydrogens is 1380 g/mol. The molecule has 520 valence electrons. The van der Waals surface area contributed by atoms with Crippen molar-refractivity contribution in [1.82, 2.24) is 52.8 Å². The van der Waals surface area contributed by atoms with E-state index in [2.05, 4.69) is 75.4 Å². The number of rotatable bonds is 39. The molecule has 0 saturated heterocycles. The smallest absolute Gasteiger partial charge is 0.326 e. The third-order valence-electron chi connectivity index (χ3n) is 15.6. The summed E-state index contributed by atoms with van der Waals surface area (Å²) >= 11 is 2.12. The Bertz CT molecular complexity index is 3800. The van der Waals surface area contributed by atoms with Gasteiger partial charge in [-0.05, 0) is 94.4 Å². The minimum atomic E-state index is -1.86. The highest BCUT2D eigenvalue weighted by Gasteiger charge is 2.35. The molecule has 9 amide bonds. The number of nitrogens with two attached hydrogens (primary N) is 1. The van der Waals surface area contributed by atoms with Gasteiger partial charge in [-0.3, -0.25) is 57.5 Å². The number of fused-ring (bicyclic) bond motifs is 1. The van der Waals surface area contributed by atoms with Crippen LogP contribution in [0.4, 0.5) is 0 Å². The highest BCUT2D eigenvalue weighted by atomic mass is 125. The average molecular weight is 1460 g/mol. The first kappa shape index (κ1) is 76.5. The maximum atomic E-state index is 14.6. The number of hydrogen-bond acceptors (Lipinski definition) is 15. The van der Waals surface area contributed by atoms with Crippen molar-refractivity contribution in [3.05, 3.63) is 171 Å². The van der Waals surface area contributed by atoms with Crippen molar-refractivity contribution in [2.24, 2.45) is 5.73 Å². The van der Waals surface area contributed by atoms with Crippen LogP contribution in [0.5, 0.6) is 5.75 Å². The molecule has 8 atom stereocenters.